The van der Waals surface area contributed by atoms with Crippen LogP contribution in [0.25, 0.3) is 0 Å². The van der Waals surface area contributed by atoms with Crippen LogP contribution in [0.4, 0.5) is 0 Å². The molecule has 1 aliphatic carbocycles. The highest BCUT2D eigenvalue weighted by Gasteiger charge is 2.29. The Morgan fingerprint density at radius 1 is 1.05 bits per heavy atom. The van der Waals surface area contributed by atoms with Crippen molar-refractivity contribution in [2.75, 3.05) is 13.2 Å². The molecule has 2 rings (SSSR count). The lowest BCUT2D eigenvalue weighted by Gasteiger charge is -2.36. The van der Waals surface area contributed by atoms with Crippen LogP contribution in [0, 0.1) is 17.8 Å². The molecule has 1 saturated heterocycles. The van der Waals surface area contributed by atoms with Crippen molar-refractivity contribution in [3.8, 4) is 0 Å². The van der Waals surface area contributed by atoms with Gasteiger partial charge >= 0.3 is 0 Å². The minimum atomic E-state index is 0.575. The molecule has 4 unspecified atom stereocenters. The minimum absolute atomic E-state index is 0.575. The second-order valence-electron chi connectivity index (χ2n) is 6.79. The molecule has 0 aromatic carbocycles. The van der Waals surface area contributed by atoms with Crippen LogP contribution in [0.1, 0.15) is 71.1 Å². The summed E-state index contributed by atoms with van der Waals surface area (Å²) in [6.45, 7) is 4.23. The van der Waals surface area contributed by atoms with Crippen LogP contribution in [-0.2, 0) is 4.74 Å². The Hall–Kier alpha value is -0.0800. The average molecular weight is 267 g/mol. The standard InChI is InChI=1S/C17H33NO/c1-2-5-14-9-10-16(13-18)15(12-14)6-3-7-17-8-4-11-19-17/h14-17H,2-13,18H2,1H3. The Labute approximate surface area is 119 Å². The third-order valence-electron chi connectivity index (χ3n) is 5.37. The fraction of sp³-hybridized carbons (Fsp3) is 1.00. The molecule has 19 heavy (non-hydrogen) atoms. The van der Waals surface area contributed by atoms with Gasteiger partial charge in [0.25, 0.3) is 0 Å². The second-order valence-corrected chi connectivity index (χ2v) is 6.79. The highest BCUT2D eigenvalue weighted by atomic mass is 16.5. The Kier molecular flexibility index (Phi) is 6.66. The summed E-state index contributed by atoms with van der Waals surface area (Å²) in [5.74, 6) is 2.69. The van der Waals surface area contributed by atoms with Crippen LogP contribution in [0.15, 0.2) is 0 Å². The highest BCUT2D eigenvalue weighted by molar-refractivity contribution is 4.81. The molecule has 0 amide bonds. The van der Waals surface area contributed by atoms with E-state index in [-0.39, 0.29) is 0 Å². The van der Waals surface area contributed by atoms with E-state index in [9.17, 15) is 0 Å². The van der Waals surface area contributed by atoms with Crippen molar-refractivity contribution in [3.05, 3.63) is 0 Å². The molecule has 1 heterocycles. The van der Waals surface area contributed by atoms with E-state index in [2.05, 4.69) is 6.92 Å². The van der Waals surface area contributed by atoms with Crippen molar-refractivity contribution < 1.29 is 4.74 Å². The van der Waals surface area contributed by atoms with Gasteiger partial charge in [-0.05, 0) is 56.4 Å². The van der Waals surface area contributed by atoms with Gasteiger partial charge in [0.2, 0.25) is 0 Å². The van der Waals surface area contributed by atoms with Gasteiger partial charge in [-0.25, -0.2) is 0 Å². The third-order valence-corrected chi connectivity index (χ3v) is 5.37. The summed E-state index contributed by atoms with van der Waals surface area (Å²) in [7, 11) is 0. The van der Waals surface area contributed by atoms with Gasteiger partial charge in [0.15, 0.2) is 0 Å². The zero-order chi connectivity index (χ0) is 13.5. The highest BCUT2D eigenvalue weighted by Crippen LogP contribution is 2.38. The average Bonchev–Trinajstić information content (AvgIpc) is 2.93. The zero-order valence-electron chi connectivity index (χ0n) is 12.8. The first kappa shape index (κ1) is 15.3. The van der Waals surface area contributed by atoms with Crippen LogP contribution in [0.3, 0.4) is 0 Å². The number of nitrogens with two attached hydrogens (primary N) is 1. The van der Waals surface area contributed by atoms with Gasteiger partial charge in [-0.3, -0.25) is 0 Å². The Balaban J connectivity index is 1.70. The van der Waals surface area contributed by atoms with E-state index in [0.717, 1.165) is 30.9 Å². The molecule has 0 aromatic rings. The van der Waals surface area contributed by atoms with Crippen molar-refractivity contribution in [2.45, 2.75) is 77.2 Å². The number of ether oxygens (including phenoxy) is 1. The van der Waals surface area contributed by atoms with Crippen molar-refractivity contribution >= 4 is 0 Å². The van der Waals surface area contributed by atoms with E-state index in [1.807, 2.05) is 0 Å². The Morgan fingerprint density at radius 2 is 1.95 bits per heavy atom. The summed E-state index contributed by atoms with van der Waals surface area (Å²) in [6, 6.07) is 0. The lowest BCUT2D eigenvalue weighted by atomic mass is 9.71. The molecule has 2 heteroatoms. The molecule has 2 N–H and O–H groups in total. The minimum Gasteiger partial charge on any atom is -0.378 e. The molecular formula is C17H33NO. The molecule has 1 aliphatic heterocycles. The predicted molar refractivity (Wildman–Crippen MR) is 81.1 cm³/mol. The topological polar surface area (TPSA) is 35.2 Å². The summed E-state index contributed by atoms with van der Waals surface area (Å²) < 4.78 is 5.73. The largest absolute Gasteiger partial charge is 0.378 e. The first-order valence-corrected chi connectivity index (χ1v) is 8.65. The maximum Gasteiger partial charge on any atom is 0.0576 e. The van der Waals surface area contributed by atoms with Crippen molar-refractivity contribution in [3.63, 3.8) is 0 Å². The zero-order valence-corrected chi connectivity index (χ0v) is 12.8. The first-order chi connectivity index (χ1) is 9.33. The van der Waals surface area contributed by atoms with Gasteiger partial charge in [0.05, 0.1) is 6.10 Å². The quantitative estimate of drug-likeness (QED) is 0.753. The normalized spacial score (nSPS) is 35.7. The molecule has 1 saturated carbocycles. The SMILES string of the molecule is CCCC1CCC(CN)C(CCCC2CCCO2)C1. The fourth-order valence-corrected chi connectivity index (χ4v) is 4.24. The Bertz CT molecular complexity index is 237. The van der Waals surface area contributed by atoms with Gasteiger partial charge in [0.1, 0.15) is 0 Å². The van der Waals surface area contributed by atoms with Gasteiger partial charge in [-0.1, -0.05) is 39.0 Å². The predicted octanol–water partition coefficient (Wildman–Crippen LogP) is 4.13. The lowest BCUT2D eigenvalue weighted by molar-refractivity contribution is 0.0957. The Morgan fingerprint density at radius 3 is 2.63 bits per heavy atom. The lowest BCUT2D eigenvalue weighted by Crippen LogP contribution is -2.30. The van der Waals surface area contributed by atoms with E-state index >= 15 is 0 Å². The molecule has 0 bridgehead atoms. The van der Waals surface area contributed by atoms with Crippen LogP contribution >= 0.6 is 0 Å². The number of hydrogen-bond donors (Lipinski definition) is 1. The molecule has 2 nitrogen and oxygen atoms in total. The van der Waals surface area contributed by atoms with Crippen LogP contribution in [0.2, 0.25) is 0 Å². The number of hydrogen-bond acceptors (Lipinski definition) is 2. The van der Waals surface area contributed by atoms with E-state index in [1.165, 1.54) is 64.2 Å². The molecule has 112 valence electrons. The maximum atomic E-state index is 5.98. The third kappa shape index (κ3) is 4.75. The van der Waals surface area contributed by atoms with E-state index in [4.69, 9.17) is 10.5 Å². The number of rotatable bonds is 7. The van der Waals surface area contributed by atoms with Crippen LogP contribution < -0.4 is 5.73 Å². The van der Waals surface area contributed by atoms with E-state index < -0.39 is 0 Å². The van der Waals surface area contributed by atoms with Crippen LogP contribution in [0.5, 0.6) is 0 Å². The van der Waals surface area contributed by atoms with Crippen LogP contribution in [-0.4, -0.2) is 19.3 Å². The van der Waals surface area contributed by atoms with Crippen molar-refractivity contribution in [1.29, 1.82) is 0 Å². The molecule has 0 radical (unpaired) electrons. The van der Waals surface area contributed by atoms with Crippen molar-refractivity contribution in [2.24, 2.45) is 23.5 Å². The van der Waals surface area contributed by atoms with Gasteiger partial charge in [0, 0.05) is 6.61 Å². The summed E-state index contributed by atoms with van der Waals surface area (Å²) in [5.41, 5.74) is 5.98. The monoisotopic (exact) mass is 267 g/mol. The van der Waals surface area contributed by atoms with Crippen molar-refractivity contribution in [1.82, 2.24) is 0 Å². The van der Waals surface area contributed by atoms with Gasteiger partial charge in [-0.15, -0.1) is 0 Å². The molecule has 0 aromatic heterocycles. The summed E-state index contributed by atoms with van der Waals surface area (Å²) in [4.78, 5) is 0. The maximum absolute atomic E-state index is 5.98. The molecule has 0 spiro atoms. The fourth-order valence-electron chi connectivity index (χ4n) is 4.24. The van der Waals surface area contributed by atoms with Gasteiger partial charge in [-0.2, -0.15) is 0 Å². The molecule has 4 atom stereocenters. The summed E-state index contributed by atoms with van der Waals surface area (Å²) in [5, 5.41) is 0. The van der Waals surface area contributed by atoms with E-state index in [0.29, 0.717) is 6.10 Å². The molecule has 2 aliphatic rings. The first-order valence-electron chi connectivity index (χ1n) is 8.65. The molecule has 2 fully saturated rings. The summed E-state index contributed by atoms with van der Waals surface area (Å²) in [6.07, 6.45) is 14.2. The summed E-state index contributed by atoms with van der Waals surface area (Å²) >= 11 is 0. The molecular weight excluding hydrogens is 234 g/mol. The van der Waals surface area contributed by atoms with Gasteiger partial charge < -0.3 is 10.5 Å². The second kappa shape index (κ2) is 8.26. The smallest absolute Gasteiger partial charge is 0.0576 e. The van der Waals surface area contributed by atoms with E-state index in [1.54, 1.807) is 0 Å².